The van der Waals surface area contributed by atoms with Gasteiger partial charge in [-0.05, 0) is 37.6 Å². The van der Waals surface area contributed by atoms with Crippen LogP contribution in [0.3, 0.4) is 0 Å². The van der Waals surface area contributed by atoms with Crippen molar-refractivity contribution in [3.8, 4) is 17.0 Å². The summed E-state index contributed by atoms with van der Waals surface area (Å²) in [6, 6.07) is 16.3. The number of hydrogen-bond acceptors (Lipinski definition) is 5. The maximum absolute atomic E-state index is 11.9. The molecule has 2 N–H and O–H groups in total. The molecule has 0 amide bonds. The fraction of sp³-hybridized carbons (Fsp3) is 0.150. The van der Waals surface area contributed by atoms with Crippen molar-refractivity contribution in [2.45, 2.75) is 20.0 Å². The van der Waals surface area contributed by atoms with Crippen molar-refractivity contribution in [1.82, 2.24) is 9.97 Å². The van der Waals surface area contributed by atoms with Crippen molar-refractivity contribution in [1.29, 1.82) is 0 Å². The maximum atomic E-state index is 11.9. The third-order valence-corrected chi connectivity index (χ3v) is 3.81. The average Bonchev–Trinajstić information content (AvgIpc) is 2.64. The van der Waals surface area contributed by atoms with E-state index in [0.29, 0.717) is 16.5 Å². The van der Waals surface area contributed by atoms with Crippen molar-refractivity contribution >= 4 is 23.8 Å². The molecule has 0 saturated carbocycles. The molecule has 138 valence electrons. The quantitative estimate of drug-likeness (QED) is 0.491. The summed E-state index contributed by atoms with van der Waals surface area (Å²) < 4.78 is 5.60. The van der Waals surface area contributed by atoms with Gasteiger partial charge in [0.1, 0.15) is 5.75 Å². The number of benzene rings is 2. The normalized spacial score (nSPS) is 11.1. The highest BCUT2D eigenvalue weighted by Crippen LogP contribution is 2.25. The fourth-order valence-corrected chi connectivity index (χ4v) is 2.62. The molecule has 2 aromatic carbocycles. The first-order valence-electron chi connectivity index (χ1n) is 8.43. The molecular formula is C20H19ClN4O2. The van der Waals surface area contributed by atoms with E-state index in [1.807, 2.05) is 50.2 Å². The SMILES string of the molecule is CC(C)Oc1ccc(/C=N\Nc2nc(-c3ccccc3)cc(=O)[nH]2)cc1Cl. The molecule has 0 radical (unpaired) electrons. The van der Waals surface area contributed by atoms with Gasteiger partial charge in [-0.25, -0.2) is 10.4 Å². The lowest BCUT2D eigenvalue weighted by atomic mass is 10.1. The number of aromatic nitrogens is 2. The van der Waals surface area contributed by atoms with Crippen LogP contribution < -0.4 is 15.7 Å². The zero-order valence-electron chi connectivity index (χ0n) is 14.9. The molecular weight excluding hydrogens is 364 g/mol. The Balaban J connectivity index is 1.74. The second kappa shape index (κ2) is 8.51. The van der Waals surface area contributed by atoms with Gasteiger partial charge in [0, 0.05) is 11.6 Å². The van der Waals surface area contributed by atoms with Gasteiger partial charge in [-0.2, -0.15) is 5.10 Å². The summed E-state index contributed by atoms with van der Waals surface area (Å²) in [5.74, 6) is 0.877. The van der Waals surface area contributed by atoms with Crippen molar-refractivity contribution in [2.75, 3.05) is 5.43 Å². The summed E-state index contributed by atoms with van der Waals surface area (Å²) in [4.78, 5) is 18.9. The number of rotatable bonds is 6. The molecule has 0 aliphatic carbocycles. The lowest BCUT2D eigenvalue weighted by Gasteiger charge is -2.11. The number of ether oxygens (including phenoxy) is 1. The highest BCUT2D eigenvalue weighted by Gasteiger charge is 2.05. The summed E-state index contributed by atoms with van der Waals surface area (Å²) in [6.07, 6.45) is 1.63. The van der Waals surface area contributed by atoms with Crippen LogP contribution >= 0.6 is 11.6 Å². The zero-order valence-corrected chi connectivity index (χ0v) is 15.7. The Morgan fingerprint density at radius 2 is 1.96 bits per heavy atom. The predicted molar refractivity (Wildman–Crippen MR) is 109 cm³/mol. The molecule has 0 saturated heterocycles. The lowest BCUT2D eigenvalue weighted by Crippen LogP contribution is -2.10. The molecule has 6 nitrogen and oxygen atoms in total. The van der Waals surface area contributed by atoms with Gasteiger partial charge in [0.2, 0.25) is 5.95 Å². The molecule has 0 aliphatic heterocycles. The predicted octanol–water partition coefficient (Wildman–Crippen LogP) is 4.32. The lowest BCUT2D eigenvalue weighted by molar-refractivity contribution is 0.242. The first-order valence-corrected chi connectivity index (χ1v) is 8.81. The van der Waals surface area contributed by atoms with Crippen LogP contribution in [0.5, 0.6) is 5.75 Å². The Morgan fingerprint density at radius 3 is 2.67 bits per heavy atom. The topological polar surface area (TPSA) is 79.4 Å². The van der Waals surface area contributed by atoms with Gasteiger partial charge in [0.05, 0.1) is 23.0 Å². The Bertz CT molecular complexity index is 1000. The van der Waals surface area contributed by atoms with Gasteiger partial charge >= 0.3 is 0 Å². The second-order valence-corrected chi connectivity index (χ2v) is 6.48. The van der Waals surface area contributed by atoms with Crippen molar-refractivity contribution in [2.24, 2.45) is 5.10 Å². The van der Waals surface area contributed by atoms with Crippen molar-refractivity contribution in [3.05, 3.63) is 75.5 Å². The van der Waals surface area contributed by atoms with Crippen LogP contribution in [0, 0.1) is 0 Å². The third kappa shape index (κ3) is 5.18. The van der Waals surface area contributed by atoms with Crippen LogP contribution in [0.15, 0.2) is 64.5 Å². The van der Waals surface area contributed by atoms with Crippen molar-refractivity contribution in [3.63, 3.8) is 0 Å². The van der Waals surface area contributed by atoms with Crippen LogP contribution in [0.25, 0.3) is 11.3 Å². The number of halogens is 1. The van der Waals surface area contributed by atoms with Gasteiger partial charge in [-0.3, -0.25) is 9.78 Å². The monoisotopic (exact) mass is 382 g/mol. The largest absolute Gasteiger partial charge is 0.489 e. The molecule has 0 bridgehead atoms. The van der Waals surface area contributed by atoms with E-state index >= 15 is 0 Å². The van der Waals surface area contributed by atoms with E-state index < -0.39 is 0 Å². The summed E-state index contributed by atoms with van der Waals surface area (Å²) in [5.41, 5.74) is 4.67. The molecule has 3 aromatic rings. The Morgan fingerprint density at radius 1 is 1.19 bits per heavy atom. The highest BCUT2D eigenvalue weighted by molar-refractivity contribution is 6.32. The number of H-pyrrole nitrogens is 1. The summed E-state index contributed by atoms with van der Waals surface area (Å²) in [5, 5.41) is 4.62. The fourth-order valence-electron chi connectivity index (χ4n) is 2.38. The highest BCUT2D eigenvalue weighted by atomic mass is 35.5. The number of nitrogens with one attached hydrogen (secondary N) is 2. The van der Waals surface area contributed by atoms with Crippen LogP contribution in [-0.4, -0.2) is 22.3 Å². The van der Waals surface area contributed by atoms with E-state index in [-0.39, 0.29) is 17.6 Å². The van der Waals surface area contributed by atoms with E-state index in [4.69, 9.17) is 16.3 Å². The van der Waals surface area contributed by atoms with E-state index in [1.54, 1.807) is 18.3 Å². The van der Waals surface area contributed by atoms with Gasteiger partial charge in [0.25, 0.3) is 5.56 Å². The van der Waals surface area contributed by atoms with Gasteiger partial charge in [-0.1, -0.05) is 41.9 Å². The zero-order chi connectivity index (χ0) is 19.2. The Hall–Kier alpha value is -3.12. The van der Waals surface area contributed by atoms with Crippen LogP contribution in [0.1, 0.15) is 19.4 Å². The van der Waals surface area contributed by atoms with Crippen LogP contribution in [-0.2, 0) is 0 Å². The molecule has 1 heterocycles. The third-order valence-electron chi connectivity index (χ3n) is 3.51. The van der Waals surface area contributed by atoms with Crippen molar-refractivity contribution < 1.29 is 4.74 Å². The summed E-state index contributed by atoms with van der Waals surface area (Å²) >= 11 is 6.21. The molecule has 0 unspecified atom stereocenters. The minimum absolute atomic E-state index is 0.0449. The minimum atomic E-state index is -0.264. The molecule has 27 heavy (non-hydrogen) atoms. The average molecular weight is 383 g/mol. The number of nitrogens with zero attached hydrogens (tertiary/aromatic N) is 2. The van der Waals surface area contributed by atoms with Gasteiger partial charge in [0.15, 0.2) is 0 Å². The molecule has 1 aromatic heterocycles. The number of hydrazone groups is 1. The smallest absolute Gasteiger partial charge is 0.252 e. The van der Waals surface area contributed by atoms with Crippen LogP contribution in [0.2, 0.25) is 5.02 Å². The summed E-state index contributed by atoms with van der Waals surface area (Å²) in [6.45, 7) is 3.87. The Labute approximate surface area is 161 Å². The summed E-state index contributed by atoms with van der Waals surface area (Å²) in [7, 11) is 0. The maximum Gasteiger partial charge on any atom is 0.252 e. The standard InChI is InChI=1S/C20H19ClN4O2/c1-13(2)27-18-9-8-14(10-16(18)21)12-22-25-20-23-17(11-19(26)24-20)15-6-4-3-5-7-15/h3-13H,1-2H3,(H2,23,24,25,26)/b22-12-. The molecule has 0 fully saturated rings. The minimum Gasteiger partial charge on any atom is -0.489 e. The molecule has 3 rings (SSSR count). The first-order chi connectivity index (χ1) is 13.0. The second-order valence-electron chi connectivity index (χ2n) is 6.07. The number of aromatic amines is 1. The van der Waals surface area contributed by atoms with Gasteiger partial charge < -0.3 is 4.74 Å². The van der Waals surface area contributed by atoms with Gasteiger partial charge in [-0.15, -0.1) is 0 Å². The van der Waals surface area contributed by atoms with E-state index in [2.05, 4.69) is 20.5 Å². The molecule has 0 atom stereocenters. The van der Waals surface area contributed by atoms with E-state index in [9.17, 15) is 4.79 Å². The number of anilines is 1. The first kappa shape index (κ1) is 18.7. The number of hydrogen-bond donors (Lipinski definition) is 2. The molecule has 0 aliphatic rings. The van der Waals surface area contributed by atoms with E-state index in [0.717, 1.165) is 11.1 Å². The Kier molecular flexibility index (Phi) is 5.88. The molecule has 0 spiro atoms. The molecule has 7 heteroatoms. The van der Waals surface area contributed by atoms with E-state index in [1.165, 1.54) is 6.07 Å². The van der Waals surface area contributed by atoms with Crippen LogP contribution in [0.4, 0.5) is 5.95 Å².